The van der Waals surface area contributed by atoms with E-state index in [1.165, 1.54) is 24.4 Å². The van der Waals surface area contributed by atoms with Gasteiger partial charge in [-0.25, -0.2) is 4.90 Å². The largest absolute Gasteiger partial charge is 0.301 e. The number of nitrogens with zero attached hydrogens (tertiary/aromatic N) is 2. The Labute approximate surface area is 64.0 Å². The summed E-state index contributed by atoms with van der Waals surface area (Å²) in [6, 6.07) is 0.734. The molecular weight excluding hydrogens is 124 g/mol. The summed E-state index contributed by atoms with van der Waals surface area (Å²) in [7, 11) is 2.32. The highest BCUT2D eigenvalue weighted by molar-refractivity contribution is 4.61. The van der Waals surface area contributed by atoms with Gasteiger partial charge in [0.1, 0.15) is 13.3 Å². The molecule has 0 aliphatic carbocycles. The van der Waals surface area contributed by atoms with Gasteiger partial charge in [0, 0.05) is 6.04 Å². The molecule has 1 aliphatic rings. The molecule has 0 amide bonds. The van der Waals surface area contributed by atoms with Crippen LogP contribution in [0.4, 0.5) is 0 Å². The summed E-state index contributed by atoms with van der Waals surface area (Å²) in [6.07, 6.45) is 0. The molecule has 60 valence electrons. The Hall–Kier alpha value is -0.0800. The normalized spacial score (nSPS) is 24.9. The standard InChI is InChI=1S/C8H19N2/c1-5-10(4)6-9(7-10)8(2)3/h8H,5-7H2,1-4H3/q+1. The Bertz CT molecular complexity index is 114. The summed E-state index contributed by atoms with van der Waals surface area (Å²) in [5.41, 5.74) is 0. The topological polar surface area (TPSA) is 3.24 Å². The van der Waals surface area contributed by atoms with E-state index in [1.54, 1.807) is 0 Å². The van der Waals surface area contributed by atoms with Crippen LogP contribution in [0.1, 0.15) is 20.8 Å². The molecule has 1 rings (SSSR count). The molecule has 0 spiro atoms. The van der Waals surface area contributed by atoms with Crippen LogP contribution < -0.4 is 0 Å². The van der Waals surface area contributed by atoms with Gasteiger partial charge in [0.25, 0.3) is 0 Å². The van der Waals surface area contributed by atoms with Crippen LogP contribution >= 0.6 is 0 Å². The predicted octanol–water partition coefficient (Wildman–Crippen LogP) is 1.09. The number of hydrogen-bond donors (Lipinski definition) is 0. The van der Waals surface area contributed by atoms with Gasteiger partial charge in [-0.1, -0.05) is 0 Å². The van der Waals surface area contributed by atoms with Gasteiger partial charge in [-0.05, 0) is 20.8 Å². The van der Waals surface area contributed by atoms with E-state index in [4.69, 9.17) is 0 Å². The molecule has 0 aromatic rings. The van der Waals surface area contributed by atoms with Crippen molar-refractivity contribution in [2.75, 3.05) is 26.9 Å². The third-order valence-corrected chi connectivity index (χ3v) is 2.54. The first-order valence-corrected chi connectivity index (χ1v) is 4.15. The molecule has 0 saturated carbocycles. The van der Waals surface area contributed by atoms with Gasteiger partial charge in [0.15, 0.2) is 0 Å². The van der Waals surface area contributed by atoms with Crippen LogP contribution in [0.15, 0.2) is 0 Å². The maximum Gasteiger partial charge on any atom is 0.140 e. The Morgan fingerprint density at radius 3 is 2.20 bits per heavy atom. The van der Waals surface area contributed by atoms with E-state index in [9.17, 15) is 0 Å². The van der Waals surface area contributed by atoms with Crippen LogP contribution in [0.5, 0.6) is 0 Å². The molecule has 1 saturated heterocycles. The van der Waals surface area contributed by atoms with Crippen LogP contribution in [0.25, 0.3) is 0 Å². The lowest BCUT2D eigenvalue weighted by atomic mass is 10.2. The first-order chi connectivity index (χ1) is 4.57. The molecule has 2 heteroatoms. The van der Waals surface area contributed by atoms with E-state index in [-0.39, 0.29) is 0 Å². The van der Waals surface area contributed by atoms with Crippen LogP contribution in [-0.2, 0) is 0 Å². The highest BCUT2D eigenvalue weighted by atomic mass is 15.6. The molecule has 0 unspecified atom stereocenters. The quantitative estimate of drug-likeness (QED) is 0.523. The van der Waals surface area contributed by atoms with Crippen LogP contribution in [0.2, 0.25) is 0 Å². The van der Waals surface area contributed by atoms with Crippen molar-refractivity contribution in [2.24, 2.45) is 0 Å². The summed E-state index contributed by atoms with van der Waals surface area (Å²) < 4.78 is 1.23. The summed E-state index contributed by atoms with van der Waals surface area (Å²) in [5.74, 6) is 0. The second-order valence-corrected chi connectivity index (χ2v) is 3.90. The van der Waals surface area contributed by atoms with Crippen LogP contribution in [-0.4, -0.2) is 42.4 Å². The Balaban J connectivity index is 2.29. The second kappa shape index (κ2) is 2.51. The highest BCUT2D eigenvalue weighted by Gasteiger charge is 2.37. The Morgan fingerprint density at radius 1 is 1.40 bits per heavy atom. The van der Waals surface area contributed by atoms with Crippen molar-refractivity contribution < 1.29 is 4.48 Å². The first-order valence-electron chi connectivity index (χ1n) is 4.15. The zero-order valence-electron chi connectivity index (χ0n) is 7.59. The molecule has 0 atom stereocenters. The van der Waals surface area contributed by atoms with E-state index < -0.39 is 0 Å². The van der Waals surface area contributed by atoms with E-state index in [1.807, 2.05) is 0 Å². The fraction of sp³-hybridized carbons (Fsp3) is 1.00. The Morgan fingerprint density at radius 2 is 1.90 bits per heavy atom. The van der Waals surface area contributed by atoms with Crippen molar-refractivity contribution >= 4 is 0 Å². The Kier molecular flexibility index (Phi) is 2.02. The maximum atomic E-state index is 2.50. The van der Waals surface area contributed by atoms with Crippen molar-refractivity contribution in [1.29, 1.82) is 0 Å². The molecule has 0 aromatic carbocycles. The maximum absolute atomic E-state index is 2.50. The van der Waals surface area contributed by atoms with Gasteiger partial charge in [0.05, 0.1) is 13.6 Å². The molecule has 1 aliphatic heterocycles. The molecular formula is C8H19N2+. The minimum absolute atomic E-state index is 0.734. The molecule has 1 heterocycles. The lowest BCUT2D eigenvalue weighted by molar-refractivity contribution is -0.979. The molecule has 2 nitrogen and oxygen atoms in total. The second-order valence-electron chi connectivity index (χ2n) is 3.90. The zero-order chi connectivity index (χ0) is 7.78. The summed E-state index contributed by atoms with van der Waals surface area (Å²) in [6.45, 7) is 10.5. The number of hydrogen-bond acceptors (Lipinski definition) is 1. The zero-order valence-corrected chi connectivity index (χ0v) is 7.59. The molecule has 0 N–H and O–H groups in total. The van der Waals surface area contributed by atoms with E-state index >= 15 is 0 Å². The van der Waals surface area contributed by atoms with Gasteiger partial charge in [-0.2, -0.15) is 0 Å². The van der Waals surface area contributed by atoms with Gasteiger partial charge in [-0.15, -0.1) is 0 Å². The summed E-state index contributed by atoms with van der Waals surface area (Å²) in [4.78, 5) is 2.50. The van der Waals surface area contributed by atoms with Crippen LogP contribution in [0, 0.1) is 0 Å². The predicted molar refractivity (Wildman–Crippen MR) is 43.4 cm³/mol. The average molecular weight is 143 g/mol. The molecule has 1 fully saturated rings. The van der Waals surface area contributed by atoms with Gasteiger partial charge < -0.3 is 4.48 Å². The lowest BCUT2D eigenvalue weighted by Crippen LogP contribution is -2.68. The number of rotatable bonds is 2. The monoisotopic (exact) mass is 143 g/mol. The van der Waals surface area contributed by atoms with E-state index in [0.717, 1.165) is 6.04 Å². The fourth-order valence-electron chi connectivity index (χ4n) is 1.36. The molecule has 0 aromatic heterocycles. The van der Waals surface area contributed by atoms with Crippen molar-refractivity contribution in [3.05, 3.63) is 0 Å². The van der Waals surface area contributed by atoms with Crippen molar-refractivity contribution in [2.45, 2.75) is 26.8 Å². The fourth-order valence-corrected chi connectivity index (χ4v) is 1.36. The van der Waals surface area contributed by atoms with E-state index in [2.05, 4.69) is 32.7 Å². The smallest absolute Gasteiger partial charge is 0.140 e. The molecule has 0 bridgehead atoms. The SMILES string of the molecule is CC[N+]1(C)CN(C(C)C)C1. The minimum Gasteiger partial charge on any atom is -0.301 e. The molecule has 10 heavy (non-hydrogen) atoms. The summed E-state index contributed by atoms with van der Waals surface area (Å²) in [5, 5.41) is 0. The third-order valence-electron chi connectivity index (χ3n) is 2.54. The average Bonchev–Trinajstić information content (AvgIpc) is 1.80. The molecule has 0 radical (unpaired) electrons. The van der Waals surface area contributed by atoms with Crippen molar-refractivity contribution in [3.8, 4) is 0 Å². The summed E-state index contributed by atoms with van der Waals surface area (Å²) >= 11 is 0. The van der Waals surface area contributed by atoms with Crippen molar-refractivity contribution in [1.82, 2.24) is 4.90 Å². The number of quaternary nitrogens is 1. The first kappa shape index (κ1) is 8.02. The highest BCUT2D eigenvalue weighted by Crippen LogP contribution is 2.19. The van der Waals surface area contributed by atoms with Gasteiger partial charge >= 0.3 is 0 Å². The van der Waals surface area contributed by atoms with E-state index in [0.29, 0.717) is 0 Å². The van der Waals surface area contributed by atoms with Gasteiger partial charge in [0.2, 0.25) is 0 Å². The van der Waals surface area contributed by atoms with Crippen molar-refractivity contribution in [3.63, 3.8) is 0 Å². The minimum atomic E-state index is 0.734. The third kappa shape index (κ3) is 1.32. The van der Waals surface area contributed by atoms with Gasteiger partial charge in [-0.3, -0.25) is 0 Å². The van der Waals surface area contributed by atoms with Crippen LogP contribution in [0.3, 0.4) is 0 Å². The lowest BCUT2D eigenvalue weighted by Gasteiger charge is -2.50.